The molecule has 2 aromatic rings. The molecule has 1 unspecified atom stereocenters. The molecule has 0 amide bonds. The van der Waals surface area contributed by atoms with E-state index in [9.17, 15) is 13.2 Å². The van der Waals surface area contributed by atoms with Gasteiger partial charge in [0.2, 0.25) is 0 Å². The number of fused-ring (bicyclic) bond motifs is 1. The SMILES string of the molecule is OC(c1cc2cccc(F)c2o1)C(F)F. The van der Waals surface area contributed by atoms with Gasteiger partial charge in [-0.15, -0.1) is 0 Å². The van der Waals surface area contributed by atoms with E-state index in [0.717, 1.165) is 6.07 Å². The number of hydrogen-bond acceptors (Lipinski definition) is 2. The number of aliphatic hydroxyl groups excluding tert-OH is 1. The number of furan rings is 1. The summed E-state index contributed by atoms with van der Waals surface area (Å²) >= 11 is 0. The van der Waals surface area contributed by atoms with Crippen LogP contribution >= 0.6 is 0 Å². The highest BCUT2D eigenvalue weighted by atomic mass is 19.3. The summed E-state index contributed by atoms with van der Waals surface area (Å²) in [5.41, 5.74) is -0.118. The summed E-state index contributed by atoms with van der Waals surface area (Å²) in [5, 5.41) is 9.38. The monoisotopic (exact) mass is 216 g/mol. The van der Waals surface area contributed by atoms with Crippen molar-refractivity contribution in [1.82, 2.24) is 0 Å². The van der Waals surface area contributed by atoms with Gasteiger partial charge < -0.3 is 9.52 Å². The molecule has 0 saturated carbocycles. The van der Waals surface area contributed by atoms with Crippen molar-refractivity contribution in [2.45, 2.75) is 12.5 Å². The van der Waals surface area contributed by atoms with Gasteiger partial charge in [-0.05, 0) is 12.1 Å². The fourth-order valence-corrected chi connectivity index (χ4v) is 1.32. The molecular formula is C10H7F3O2. The van der Waals surface area contributed by atoms with Crippen LogP contribution < -0.4 is 0 Å². The van der Waals surface area contributed by atoms with E-state index in [0.29, 0.717) is 5.39 Å². The normalized spacial score (nSPS) is 13.7. The van der Waals surface area contributed by atoms with Crippen LogP contribution in [0.15, 0.2) is 28.7 Å². The molecule has 0 aliphatic heterocycles. The third kappa shape index (κ3) is 1.70. The molecule has 0 saturated heterocycles. The second-order valence-electron chi connectivity index (χ2n) is 3.09. The maximum atomic E-state index is 13.1. The summed E-state index contributed by atoms with van der Waals surface area (Å²) in [6, 6.07) is 5.31. The number of aliphatic hydroxyl groups is 1. The standard InChI is InChI=1S/C10H7F3O2/c11-6-3-1-2-5-4-7(15-9(5)6)8(14)10(12)13/h1-4,8,10,14H. The highest BCUT2D eigenvalue weighted by Gasteiger charge is 2.23. The van der Waals surface area contributed by atoms with Crippen LogP contribution in [0.25, 0.3) is 11.0 Å². The molecular weight excluding hydrogens is 209 g/mol. The molecule has 80 valence electrons. The van der Waals surface area contributed by atoms with Gasteiger partial charge in [0.15, 0.2) is 17.5 Å². The first kappa shape index (κ1) is 10.0. The molecule has 1 atom stereocenters. The van der Waals surface area contributed by atoms with Crippen LogP contribution in [0.3, 0.4) is 0 Å². The van der Waals surface area contributed by atoms with Crippen molar-refractivity contribution >= 4 is 11.0 Å². The molecule has 0 aliphatic rings. The van der Waals surface area contributed by atoms with Crippen LogP contribution in [0.1, 0.15) is 11.9 Å². The van der Waals surface area contributed by atoms with Crippen LogP contribution in [0, 0.1) is 5.82 Å². The second kappa shape index (κ2) is 3.58. The minimum atomic E-state index is -2.95. The van der Waals surface area contributed by atoms with E-state index in [2.05, 4.69) is 0 Å². The van der Waals surface area contributed by atoms with Crippen LogP contribution in [0.5, 0.6) is 0 Å². The Morgan fingerprint density at radius 2 is 2.00 bits per heavy atom. The molecule has 1 N–H and O–H groups in total. The van der Waals surface area contributed by atoms with Crippen LogP contribution in [0.2, 0.25) is 0 Å². The molecule has 1 aromatic heterocycles. The zero-order valence-electron chi connectivity index (χ0n) is 7.45. The lowest BCUT2D eigenvalue weighted by Crippen LogP contribution is -2.06. The molecule has 15 heavy (non-hydrogen) atoms. The van der Waals surface area contributed by atoms with Crippen LogP contribution in [-0.2, 0) is 0 Å². The largest absolute Gasteiger partial charge is 0.455 e. The summed E-state index contributed by atoms with van der Waals surface area (Å²) < 4.78 is 42.2. The first-order valence-electron chi connectivity index (χ1n) is 4.24. The van der Waals surface area contributed by atoms with Gasteiger partial charge >= 0.3 is 0 Å². The molecule has 5 heteroatoms. The van der Waals surface area contributed by atoms with E-state index in [1.54, 1.807) is 0 Å². The quantitative estimate of drug-likeness (QED) is 0.837. The van der Waals surface area contributed by atoms with Gasteiger partial charge in [-0.25, -0.2) is 13.2 Å². The number of alkyl halides is 2. The van der Waals surface area contributed by atoms with Gasteiger partial charge in [0, 0.05) is 5.39 Å². The molecule has 0 aliphatic carbocycles. The predicted molar refractivity (Wildman–Crippen MR) is 47.1 cm³/mol. The van der Waals surface area contributed by atoms with E-state index in [4.69, 9.17) is 9.52 Å². The number of para-hydroxylation sites is 1. The molecule has 2 nitrogen and oxygen atoms in total. The first-order chi connectivity index (χ1) is 7.09. The fraction of sp³-hybridized carbons (Fsp3) is 0.200. The summed E-state index contributed by atoms with van der Waals surface area (Å²) in [7, 11) is 0. The maximum Gasteiger partial charge on any atom is 0.271 e. The Balaban J connectivity index is 2.52. The van der Waals surface area contributed by atoms with Crippen molar-refractivity contribution in [1.29, 1.82) is 0 Å². The Kier molecular flexibility index (Phi) is 2.40. The van der Waals surface area contributed by atoms with Crippen molar-refractivity contribution < 1.29 is 22.7 Å². The second-order valence-corrected chi connectivity index (χ2v) is 3.09. The third-order valence-corrected chi connectivity index (χ3v) is 2.05. The van der Waals surface area contributed by atoms with Gasteiger partial charge in [-0.3, -0.25) is 0 Å². The van der Waals surface area contributed by atoms with Gasteiger partial charge in [-0.2, -0.15) is 0 Å². The van der Waals surface area contributed by atoms with Crippen LogP contribution in [-0.4, -0.2) is 11.5 Å². The highest BCUT2D eigenvalue weighted by Crippen LogP contribution is 2.28. The molecule has 1 aromatic carbocycles. The van der Waals surface area contributed by atoms with Crippen molar-refractivity contribution in [3.8, 4) is 0 Å². The lowest BCUT2D eigenvalue weighted by atomic mass is 10.2. The molecule has 0 fully saturated rings. The van der Waals surface area contributed by atoms with Gasteiger partial charge in [0.1, 0.15) is 5.76 Å². The Morgan fingerprint density at radius 3 is 2.60 bits per heavy atom. The van der Waals surface area contributed by atoms with E-state index < -0.39 is 18.3 Å². The number of benzene rings is 1. The Morgan fingerprint density at radius 1 is 1.27 bits per heavy atom. The average molecular weight is 216 g/mol. The zero-order valence-corrected chi connectivity index (χ0v) is 7.45. The van der Waals surface area contributed by atoms with Gasteiger partial charge in [-0.1, -0.05) is 12.1 Å². The van der Waals surface area contributed by atoms with E-state index in [1.165, 1.54) is 18.2 Å². The van der Waals surface area contributed by atoms with E-state index in [1.807, 2.05) is 0 Å². The highest BCUT2D eigenvalue weighted by molar-refractivity contribution is 5.78. The molecule has 0 bridgehead atoms. The Hall–Kier alpha value is -1.49. The minimum Gasteiger partial charge on any atom is -0.455 e. The number of hydrogen-bond donors (Lipinski definition) is 1. The molecule has 2 rings (SSSR count). The van der Waals surface area contributed by atoms with Crippen molar-refractivity contribution in [3.05, 3.63) is 35.8 Å². The average Bonchev–Trinajstić information content (AvgIpc) is 2.61. The lowest BCUT2D eigenvalue weighted by molar-refractivity contribution is -0.0169. The third-order valence-electron chi connectivity index (χ3n) is 2.05. The molecule has 0 spiro atoms. The lowest BCUT2D eigenvalue weighted by Gasteiger charge is -2.03. The molecule has 0 radical (unpaired) electrons. The topological polar surface area (TPSA) is 33.4 Å². The maximum absolute atomic E-state index is 13.1. The summed E-state index contributed by atoms with van der Waals surface area (Å²) in [6.07, 6.45) is -4.97. The predicted octanol–water partition coefficient (Wildman–Crippen LogP) is 2.87. The van der Waals surface area contributed by atoms with E-state index in [-0.39, 0.29) is 11.3 Å². The molecule has 1 heterocycles. The Labute approximate surface area is 82.9 Å². The van der Waals surface area contributed by atoms with Crippen molar-refractivity contribution in [3.63, 3.8) is 0 Å². The summed E-state index contributed by atoms with van der Waals surface area (Å²) in [6.45, 7) is 0. The fourth-order valence-electron chi connectivity index (χ4n) is 1.32. The zero-order chi connectivity index (χ0) is 11.0. The smallest absolute Gasteiger partial charge is 0.271 e. The summed E-state index contributed by atoms with van der Waals surface area (Å²) in [4.78, 5) is 0. The number of halogens is 3. The van der Waals surface area contributed by atoms with Gasteiger partial charge in [0.25, 0.3) is 6.43 Å². The van der Waals surface area contributed by atoms with Crippen molar-refractivity contribution in [2.75, 3.05) is 0 Å². The van der Waals surface area contributed by atoms with Crippen LogP contribution in [0.4, 0.5) is 13.2 Å². The minimum absolute atomic E-state index is 0.118. The number of rotatable bonds is 2. The first-order valence-corrected chi connectivity index (χ1v) is 4.24. The van der Waals surface area contributed by atoms with Crippen molar-refractivity contribution in [2.24, 2.45) is 0 Å². The van der Waals surface area contributed by atoms with Gasteiger partial charge in [0.05, 0.1) is 0 Å². The summed E-state index contributed by atoms with van der Waals surface area (Å²) in [5.74, 6) is -0.967. The van der Waals surface area contributed by atoms with E-state index >= 15 is 0 Å². The Bertz CT molecular complexity index is 478.